The Morgan fingerprint density at radius 2 is 1.95 bits per heavy atom. The fourth-order valence-electron chi connectivity index (χ4n) is 1.84. The zero-order valence-corrected chi connectivity index (χ0v) is 11.2. The van der Waals surface area contributed by atoms with Crippen LogP contribution < -0.4 is 0 Å². The SMILES string of the molecule is Cc1ccc(C(O)c2cnccc2C(F)(F)F)cc1Cl. The van der Waals surface area contributed by atoms with Crippen LogP contribution in [0.15, 0.2) is 36.7 Å². The third kappa shape index (κ3) is 2.94. The van der Waals surface area contributed by atoms with Crippen LogP contribution in [0, 0.1) is 6.92 Å². The van der Waals surface area contributed by atoms with Crippen LogP contribution in [0.2, 0.25) is 5.02 Å². The summed E-state index contributed by atoms with van der Waals surface area (Å²) in [6, 6.07) is 5.48. The van der Waals surface area contributed by atoms with Crippen molar-refractivity contribution in [2.45, 2.75) is 19.2 Å². The Labute approximate surface area is 118 Å². The van der Waals surface area contributed by atoms with Crippen molar-refractivity contribution >= 4 is 11.6 Å². The molecule has 0 spiro atoms. The van der Waals surface area contributed by atoms with E-state index in [1.807, 2.05) is 0 Å². The smallest absolute Gasteiger partial charge is 0.384 e. The summed E-state index contributed by atoms with van der Waals surface area (Å²) in [7, 11) is 0. The summed E-state index contributed by atoms with van der Waals surface area (Å²) in [5.74, 6) is 0. The molecule has 0 bridgehead atoms. The quantitative estimate of drug-likeness (QED) is 0.904. The van der Waals surface area contributed by atoms with Gasteiger partial charge in [0.05, 0.1) is 5.56 Å². The molecule has 1 unspecified atom stereocenters. The number of alkyl halides is 3. The Morgan fingerprint density at radius 1 is 1.25 bits per heavy atom. The molecule has 0 aliphatic carbocycles. The molecule has 0 aliphatic heterocycles. The lowest BCUT2D eigenvalue weighted by Gasteiger charge is -2.17. The zero-order chi connectivity index (χ0) is 14.9. The van der Waals surface area contributed by atoms with E-state index < -0.39 is 17.8 Å². The molecule has 0 fully saturated rings. The van der Waals surface area contributed by atoms with Gasteiger partial charge in [-0.3, -0.25) is 4.98 Å². The standard InChI is InChI=1S/C14H11ClF3NO/c1-8-2-3-9(6-12(8)15)13(20)10-7-19-5-4-11(10)14(16,17)18/h2-7,13,20H,1H3. The van der Waals surface area contributed by atoms with Crippen LogP contribution in [-0.4, -0.2) is 10.1 Å². The van der Waals surface area contributed by atoms with Crippen molar-refractivity contribution in [2.24, 2.45) is 0 Å². The highest BCUT2D eigenvalue weighted by Gasteiger charge is 2.35. The largest absolute Gasteiger partial charge is 0.416 e. The van der Waals surface area contributed by atoms with Crippen LogP contribution in [0.25, 0.3) is 0 Å². The van der Waals surface area contributed by atoms with E-state index in [1.165, 1.54) is 6.07 Å². The van der Waals surface area contributed by atoms with Gasteiger partial charge in [-0.05, 0) is 30.2 Å². The number of benzene rings is 1. The van der Waals surface area contributed by atoms with E-state index in [0.29, 0.717) is 10.6 Å². The second kappa shape index (κ2) is 5.42. The van der Waals surface area contributed by atoms with Crippen molar-refractivity contribution in [3.8, 4) is 0 Å². The minimum absolute atomic E-state index is 0.291. The van der Waals surface area contributed by atoms with Gasteiger partial charge in [0.15, 0.2) is 0 Å². The summed E-state index contributed by atoms with van der Waals surface area (Å²) < 4.78 is 38.7. The number of aromatic nitrogens is 1. The molecular weight excluding hydrogens is 291 g/mol. The molecule has 0 saturated carbocycles. The summed E-state index contributed by atoms with van der Waals surface area (Å²) in [5, 5.41) is 10.5. The zero-order valence-electron chi connectivity index (χ0n) is 10.4. The van der Waals surface area contributed by atoms with Crippen molar-refractivity contribution < 1.29 is 18.3 Å². The van der Waals surface area contributed by atoms with Crippen molar-refractivity contribution in [3.63, 3.8) is 0 Å². The molecule has 2 nitrogen and oxygen atoms in total. The van der Waals surface area contributed by atoms with Gasteiger partial charge < -0.3 is 5.11 Å². The van der Waals surface area contributed by atoms with Gasteiger partial charge in [0.25, 0.3) is 0 Å². The summed E-state index contributed by atoms with van der Waals surface area (Å²) in [6.07, 6.45) is -3.92. The number of aliphatic hydroxyl groups is 1. The van der Waals surface area contributed by atoms with E-state index in [4.69, 9.17) is 11.6 Å². The highest BCUT2D eigenvalue weighted by molar-refractivity contribution is 6.31. The Balaban J connectivity index is 2.48. The lowest BCUT2D eigenvalue weighted by atomic mass is 9.98. The van der Waals surface area contributed by atoms with Gasteiger partial charge in [-0.2, -0.15) is 13.2 Å². The van der Waals surface area contributed by atoms with Gasteiger partial charge >= 0.3 is 6.18 Å². The Bertz CT molecular complexity index is 628. The van der Waals surface area contributed by atoms with Gasteiger partial charge in [0, 0.05) is 23.0 Å². The monoisotopic (exact) mass is 301 g/mol. The molecule has 1 aromatic heterocycles. The minimum atomic E-state index is -4.55. The van der Waals surface area contributed by atoms with Crippen LogP contribution >= 0.6 is 11.6 Å². The number of hydrogen-bond donors (Lipinski definition) is 1. The van der Waals surface area contributed by atoms with Crippen LogP contribution in [0.3, 0.4) is 0 Å². The molecule has 0 aliphatic rings. The lowest BCUT2D eigenvalue weighted by molar-refractivity contribution is -0.139. The number of aryl methyl sites for hydroxylation is 1. The molecule has 1 N–H and O–H groups in total. The number of halogens is 4. The topological polar surface area (TPSA) is 33.1 Å². The minimum Gasteiger partial charge on any atom is -0.384 e. The molecule has 1 heterocycles. The fraction of sp³-hybridized carbons (Fsp3) is 0.214. The molecule has 2 rings (SSSR count). The van der Waals surface area contributed by atoms with Crippen LogP contribution in [0.1, 0.15) is 28.4 Å². The average Bonchev–Trinajstić information content (AvgIpc) is 2.40. The number of rotatable bonds is 2. The second-order valence-corrected chi connectivity index (χ2v) is 4.78. The number of aliphatic hydroxyl groups excluding tert-OH is 1. The maximum Gasteiger partial charge on any atom is 0.416 e. The van der Waals surface area contributed by atoms with E-state index in [9.17, 15) is 18.3 Å². The van der Waals surface area contributed by atoms with Crippen molar-refractivity contribution in [2.75, 3.05) is 0 Å². The predicted molar refractivity (Wildman–Crippen MR) is 69.5 cm³/mol. The summed E-state index contributed by atoms with van der Waals surface area (Å²) >= 11 is 5.93. The molecule has 106 valence electrons. The Kier molecular flexibility index (Phi) is 4.01. The first-order chi connectivity index (χ1) is 9.30. The highest BCUT2D eigenvalue weighted by atomic mass is 35.5. The van der Waals surface area contributed by atoms with Crippen molar-refractivity contribution in [1.29, 1.82) is 0 Å². The number of nitrogens with zero attached hydrogens (tertiary/aromatic N) is 1. The first-order valence-electron chi connectivity index (χ1n) is 5.76. The number of pyridine rings is 1. The highest BCUT2D eigenvalue weighted by Crippen LogP contribution is 2.36. The fourth-order valence-corrected chi connectivity index (χ4v) is 2.03. The van der Waals surface area contributed by atoms with Gasteiger partial charge in [0.2, 0.25) is 0 Å². The van der Waals surface area contributed by atoms with Crippen LogP contribution in [0.5, 0.6) is 0 Å². The molecule has 0 saturated heterocycles. The van der Waals surface area contributed by atoms with Gasteiger partial charge in [-0.1, -0.05) is 23.7 Å². The molecule has 1 atom stereocenters. The predicted octanol–water partition coefficient (Wildman–Crippen LogP) is 4.14. The molecule has 2 aromatic rings. The molecular formula is C14H11ClF3NO. The van der Waals surface area contributed by atoms with E-state index in [0.717, 1.165) is 24.0 Å². The van der Waals surface area contributed by atoms with Crippen LogP contribution in [0.4, 0.5) is 13.2 Å². The van der Waals surface area contributed by atoms with E-state index in [1.54, 1.807) is 19.1 Å². The first-order valence-corrected chi connectivity index (χ1v) is 6.13. The molecule has 0 radical (unpaired) electrons. The second-order valence-electron chi connectivity index (χ2n) is 4.37. The average molecular weight is 302 g/mol. The normalized spacial score (nSPS) is 13.3. The maximum atomic E-state index is 12.9. The van der Waals surface area contributed by atoms with Crippen molar-refractivity contribution in [1.82, 2.24) is 4.98 Å². The maximum absolute atomic E-state index is 12.9. The summed E-state index contributed by atoms with van der Waals surface area (Å²) in [5.41, 5.74) is -0.124. The van der Waals surface area contributed by atoms with Crippen LogP contribution in [-0.2, 0) is 6.18 Å². The Morgan fingerprint density at radius 3 is 2.55 bits per heavy atom. The van der Waals surface area contributed by atoms with E-state index in [2.05, 4.69) is 4.98 Å². The summed E-state index contributed by atoms with van der Waals surface area (Å²) in [6.45, 7) is 1.77. The lowest BCUT2D eigenvalue weighted by Crippen LogP contribution is -2.13. The molecule has 6 heteroatoms. The van der Waals surface area contributed by atoms with Gasteiger partial charge in [-0.15, -0.1) is 0 Å². The Hall–Kier alpha value is -1.59. The van der Waals surface area contributed by atoms with E-state index in [-0.39, 0.29) is 5.56 Å². The van der Waals surface area contributed by atoms with E-state index >= 15 is 0 Å². The summed E-state index contributed by atoms with van der Waals surface area (Å²) in [4.78, 5) is 3.65. The third-order valence-electron chi connectivity index (χ3n) is 2.96. The first kappa shape index (κ1) is 14.8. The third-order valence-corrected chi connectivity index (χ3v) is 3.37. The van der Waals surface area contributed by atoms with Gasteiger partial charge in [0.1, 0.15) is 6.10 Å². The molecule has 1 aromatic carbocycles. The number of hydrogen-bond acceptors (Lipinski definition) is 2. The van der Waals surface area contributed by atoms with Crippen molar-refractivity contribution in [3.05, 3.63) is 63.9 Å². The molecule has 20 heavy (non-hydrogen) atoms. The van der Waals surface area contributed by atoms with Gasteiger partial charge in [-0.25, -0.2) is 0 Å². The molecule has 0 amide bonds.